The molecule has 0 aliphatic rings. The van der Waals surface area contributed by atoms with E-state index < -0.39 is 5.51 Å². The molecule has 0 heterocycles. The molecule has 0 unspecified atom stereocenters. The molecule has 22 heavy (non-hydrogen) atoms. The molecule has 124 valence electrons. The minimum Gasteiger partial charge on any atom is -0.382 e. The van der Waals surface area contributed by atoms with E-state index in [2.05, 4.69) is 5.32 Å². The average molecular weight is 337 g/mol. The van der Waals surface area contributed by atoms with E-state index in [4.69, 9.17) is 9.47 Å². The topological polar surface area (TPSA) is 47.6 Å². The van der Waals surface area contributed by atoms with Gasteiger partial charge in [-0.05, 0) is 42.4 Å². The summed E-state index contributed by atoms with van der Waals surface area (Å²) in [5, 5.41) is 2.68. The van der Waals surface area contributed by atoms with Gasteiger partial charge in [0.05, 0.1) is 13.2 Å². The highest BCUT2D eigenvalue weighted by atomic mass is 32.2. The Labute approximate surface area is 131 Å². The molecule has 0 fully saturated rings. The Kier molecular flexibility index (Phi) is 8.29. The molecule has 4 nitrogen and oxygen atoms in total. The Morgan fingerprint density at radius 2 is 1.86 bits per heavy atom. The van der Waals surface area contributed by atoms with Crippen molar-refractivity contribution in [2.24, 2.45) is 0 Å². The first kappa shape index (κ1) is 18.8. The van der Waals surface area contributed by atoms with Crippen LogP contribution < -0.4 is 5.32 Å². The van der Waals surface area contributed by atoms with Gasteiger partial charge in [-0.25, -0.2) is 0 Å². The number of nitrogens with one attached hydrogen (secondary N) is 1. The molecular formula is C14H18F3NO3S. The Hall–Kier alpha value is -1.25. The van der Waals surface area contributed by atoms with Gasteiger partial charge in [-0.1, -0.05) is 0 Å². The van der Waals surface area contributed by atoms with Gasteiger partial charge in [0.25, 0.3) is 5.91 Å². The van der Waals surface area contributed by atoms with Crippen LogP contribution in [0.3, 0.4) is 0 Å². The summed E-state index contributed by atoms with van der Waals surface area (Å²) in [6.07, 6.45) is 0.650. The number of ether oxygens (including phenoxy) is 2. The number of halogens is 3. The summed E-state index contributed by atoms with van der Waals surface area (Å²) in [7, 11) is 1.59. The lowest BCUT2D eigenvalue weighted by Crippen LogP contribution is -2.25. The van der Waals surface area contributed by atoms with Crippen molar-refractivity contribution in [2.45, 2.75) is 16.8 Å². The summed E-state index contributed by atoms with van der Waals surface area (Å²) in [4.78, 5) is 11.8. The lowest BCUT2D eigenvalue weighted by molar-refractivity contribution is -0.0328. The molecule has 1 rings (SSSR count). The number of amides is 1. The number of hydrogen-bond donors (Lipinski definition) is 1. The van der Waals surface area contributed by atoms with Crippen molar-refractivity contribution >= 4 is 17.7 Å². The molecule has 1 aromatic rings. The molecule has 0 atom stereocenters. The zero-order valence-electron chi connectivity index (χ0n) is 12.1. The first-order chi connectivity index (χ1) is 10.4. The van der Waals surface area contributed by atoms with Crippen molar-refractivity contribution in [1.82, 2.24) is 5.32 Å². The average Bonchev–Trinajstić information content (AvgIpc) is 2.45. The summed E-state index contributed by atoms with van der Waals surface area (Å²) in [6, 6.07) is 5.30. The van der Waals surface area contributed by atoms with Crippen LogP contribution in [0.5, 0.6) is 0 Å². The van der Waals surface area contributed by atoms with Gasteiger partial charge >= 0.3 is 5.51 Å². The lowest BCUT2D eigenvalue weighted by Gasteiger charge is -2.08. The SMILES string of the molecule is COCCOCCCNC(=O)c1ccc(SC(F)(F)F)cc1. The predicted molar refractivity (Wildman–Crippen MR) is 78.0 cm³/mol. The molecule has 0 radical (unpaired) electrons. The summed E-state index contributed by atoms with van der Waals surface area (Å²) < 4.78 is 46.6. The molecule has 8 heteroatoms. The number of rotatable bonds is 9. The summed E-state index contributed by atoms with van der Waals surface area (Å²) >= 11 is -0.206. The molecule has 0 saturated carbocycles. The van der Waals surface area contributed by atoms with Crippen LogP contribution in [-0.2, 0) is 9.47 Å². The minimum atomic E-state index is -4.33. The van der Waals surface area contributed by atoms with Gasteiger partial charge in [0.2, 0.25) is 0 Å². The minimum absolute atomic E-state index is 0.0515. The molecule has 0 saturated heterocycles. The molecule has 0 aliphatic heterocycles. The predicted octanol–water partition coefficient (Wildman–Crippen LogP) is 3.08. The number of alkyl halides is 3. The first-order valence-electron chi connectivity index (χ1n) is 6.63. The number of carbonyl (C=O) groups excluding carboxylic acids is 1. The van der Waals surface area contributed by atoms with E-state index in [0.29, 0.717) is 38.3 Å². The zero-order chi connectivity index (χ0) is 16.4. The van der Waals surface area contributed by atoms with Crippen LogP contribution in [0.2, 0.25) is 0 Å². The highest BCUT2D eigenvalue weighted by molar-refractivity contribution is 8.00. The van der Waals surface area contributed by atoms with Gasteiger partial charge in [0.1, 0.15) is 0 Å². The highest BCUT2D eigenvalue weighted by Gasteiger charge is 2.29. The maximum Gasteiger partial charge on any atom is 0.446 e. The smallest absolute Gasteiger partial charge is 0.382 e. The van der Waals surface area contributed by atoms with Crippen molar-refractivity contribution in [2.75, 3.05) is 33.5 Å². The number of benzene rings is 1. The van der Waals surface area contributed by atoms with E-state index in [1.54, 1.807) is 7.11 Å². The van der Waals surface area contributed by atoms with Crippen LogP contribution in [0, 0.1) is 0 Å². The Balaban J connectivity index is 2.28. The second-order valence-electron chi connectivity index (χ2n) is 4.29. The van der Waals surface area contributed by atoms with E-state index in [1.165, 1.54) is 24.3 Å². The Morgan fingerprint density at radius 3 is 2.45 bits per heavy atom. The van der Waals surface area contributed by atoms with Gasteiger partial charge in [0.15, 0.2) is 0 Å². The molecular weight excluding hydrogens is 319 g/mol. The number of hydrogen-bond acceptors (Lipinski definition) is 4. The summed E-state index contributed by atoms with van der Waals surface area (Å²) in [6.45, 7) is 1.97. The Bertz CT molecular complexity index is 452. The maximum atomic E-state index is 12.2. The molecule has 0 aliphatic carbocycles. The summed E-state index contributed by atoms with van der Waals surface area (Å²) in [5.74, 6) is -0.319. The van der Waals surface area contributed by atoms with Crippen LogP contribution in [-0.4, -0.2) is 44.9 Å². The Morgan fingerprint density at radius 1 is 1.18 bits per heavy atom. The van der Waals surface area contributed by atoms with E-state index in [0.717, 1.165) is 0 Å². The summed E-state index contributed by atoms with van der Waals surface area (Å²) in [5.41, 5.74) is -4.00. The highest BCUT2D eigenvalue weighted by Crippen LogP contribution is 2.36. The van der Waals surface area contributed by atoms with Crippen molar-refractivity contribution < 1.29 is 27.4 Å². The van der Waals surface area contributed by atoms with Crippen LogP contribution in [0.1, 0.15) is 16.8 Å². The number of methoxy groups -OCH3 is 1. The first-order valence-corrected chi connectivity index (χ1v) is 7.45. The van der Waals surface area contributed by atoms with Gasteiger partial charge < -0.3 is 14.8 Å². The van der Waals surface area contributed by atoms with Crippen molar-refractivity contribution in [3.8, 4) is 0 Å². The normalized spacial score (nSPS) is 11.5. The maximum absolute atomic E-state index is 12.2. The second kappa shape index (κ2) is 9.70. The fraction of sp³-hybridized carbons (Fsp3) is 0.500. The third-order valence-corrected chi connectivity index (χ3v) is 3.27. The van der Waals surface area contributed by atoms with Gasteiger partial charge in [-0.3, -0.25) is 4.79 Å². The van der Waals surface area contributed by atoms with Gasteiger partial charge in [-0.15, -0.1) is 0 Å². The molecule has 1 amide bonds. The van der Waals surface area contributed by atoms with Crippen molar-refractivity contribution in [1.29, 1.82) is 0 Å². The van der Waals surface area contributed by atoms with E-state index in [9.17, 15) is 18.0 Å². The van der Waals surface area contributed by atoms with E-state index in [1.807, 2.05) is 0 Å². The van der Waals surface area contributed by atoms with E-state index in [-0.39, 0.29) is 22.6 Å². The third-order valence-electron chi connectivity index (χ3n) is 2.53. The van der Waals surface area contributed by atoms with E-state index >= 15 is 0 Å². The van der Waals surface area contributed by atoms with Crippen LogP contribution >= 0.6 is 11.8 Å². The van der Waals surface area contributed by atoms with Crippen molar-refractivity contribution in [3.63, 3.8) is 0 Å². The fourth-order valence-corrected chi connectivity index (χ4v) is 2.07. The molecule has 0 bridgehead atoms. The van der Waals surface area contributed by atoms with Gasteiger partial charge in [0, 0.05) is 30.7 Å². The fourth-order valence-electron chi connectivity index (χ4n) is 1.53. The lowest BCUT2D eigenvalue weighted by atomic mass is 10.2. The standard InChI is InChI=1S/C14H18F3NO3S/c1-20-9-10-21-8-2-7-18-13(19)11-3-5-12(6-4-11)22-14(15,16)17/h3-6H,2,7-10H2,1H3,(H,18,19). The quantitative estimate of drug-likeness (QED) is 0.556. The molecule has 1 aromatic carbocycles. The van der Waals surface area contributed by atoms with Crippen LogP contribution in [0.4, 0.5) is 13.2 Å². The number of carbonyl (C=O) groups is 1. The largest absolute Gasteiger partial charge is 0.446 e. The van der Waals surface area contributed by atoms with Crippen LogP contribution in [0.15, 0.2) is 29.2 Å². The molecule has 1 N–H and O–H groups in total. The monoisotopic (exact) mass is 337 g/mol. The van der Waals surface area contributed by atoms with Gasteiger partial charge in [-0.2, -0.15) is 13.2 Å². The number of thioether (sulfide) groups is 1. The zero-order valence-corrected chi connectivity index (χ0v) is 12.9. The third kappa shape index (κ3) is 8.26. The van der Waals surface area contributed by atoms with Crippen LogP contribution in [0.25, 0.3) is 0 Å². The molecule has 0 aromatic heterocycles. The second-order valence-corrected chi connectivity index (χ2v) is 5.43. The van der Waals surface area contributed by atoms with Crippen molar-refractivity contribution in [3.05, 3.63) is 29.8 Å². The molecule has 0 spiro atoms.